The lowest BCUT2D eigenvalue weighted by Crippen LogP contribution is -2.24. The molecular formula is C11H14ClNO3. The molecule has 0 saturated heterocycles. The maximum atomic E-state index is 11.7. The normalized spacial score (nSPS) is 11.1. The minimum Gasteiger partial charge on any atom is -0.497 e. The van der Waals surface area contributed by atoms with Crippen molar-refractivity contribution in [2.45, 2.75) is 26.4 Å². The molecule has 1 aromatic heterocycles. The molecule has 0 aliphatic rings. The average molecular weight is 244 g/mol. The molecule has 0 amide bonds. The number of aromatic nitrogens is 1. The Labute approximate surface area is 99.5 Å². The second-order valence-corrected chi connectivity index (χ2v) is 4.60. The molecule has 0 spiro atoms. The largest absolute Gasteiger partial charge is 0.497 e. The molecule has 0 N–H and O–H groups in total. The maximum Gasteiger partial charge on any atom is 0.357 e. The maximum absolute atomic E-state index is 11.7. The highest BCUT2D eigenvalue weighted by atomic mass is 35.5. The Bertz CT molecular complexity index is 399. The first-order valence-corrected chi connectivity index (χ1v) is 5.14. The number of nitrogens with zero attached hydrogens (tertiary/aromatic N) is 1. The molecule has 0 bridgehead atoms. The quantitative estimate of drug-likeness (QED) is 0.592. The van der Waals surface area contributed by atoms with Crippen LogP contribution in [-0.2, 0) is 4.74 Å². The van der Waals surface area contributed by atoms with Crippen LogP contribution in [0.5, 0.6) is 5.75 Å². The van der Waals surface area contributed by atoms with Crippen LogP contribution in [0.15, 0.2) is 12.1 Å². The summed E-state index contributed by atoms with van der Waals surface area (Å²) < 4.78 is 10.1. The van der Waals surface area contributed by atoms with Crippen LogP contribution in [0.4, 0.5) is 0 Å². The molecule has 1 heterocycles. The van der Waals surface area contributed by atoms with E-state index in [0.29, 0.717) is 5.75 Å². The summed E-state index contributed by atoms with van der Waals surface area (Å²) in [6, 6.07) is 3.01. The summed E-state index contributed by atoms with van der Waals surface area (Å²) >= 11 is 5.75. The minimum absolute atomic E-state index is 0.138. The number of hydrogen-bond donors (Lipinski definition) is 0. The van der Waals surface area contributed by atoms with Gasteiger partial charge < -0.3 is 9.47 Å². The summed E-state index contributed by atoms with van der Waals surface area (Å²) in [5.41, 5.74) is -0.423. The number of carbonyl (C=O) groups excluding carboxylic acids is 1. The molecule has 1 aromatic rings. The van der Waals surface area contributed by atoms with Gasteiger partial charge in [0.25, 0.3) is 0 Å². The second-order valence-electron chi connectivity index (χ2n) is 4.22. The molecule has 0 atom stereocenters. The Morgan fingerprint density at radius 1 is 1.38 bits per heavy atom. The smallest absolute Gasteiger partial charge is 0.357 e. The molecule has 5 heteroatoms. The highest BCUT2D eigenvalue weighted by molar-refractivity contribution is 6.29. The van der Waals surface area contributed by atoms with Gasteiger partial charge in [0.15, 0.2) is 5.69 Å². The van der Waals surface area contributed by atoms with Crippen molar-refractivity contribution in [3.63, 3.8) is 0 Å². The number of pyridine rings is 1. The van der Waals surface area contributed by atoms with Crippen molar-refractivity contribution in [3.05, 3.63) is 23.0 Å². The van der Waals surface area contributed by atoms with E-state index in [4.69, 9.17) is 21.1 Å². The van der Waals surface area contributed by atoms with E-state index in [1.54, 1.807) is 20.8 Å². The van der Waals surface area contributed by atoms with Crippen LogP contribution in [0.25, 0.3) is 0 Å². The highest BCUT2D eigenvalue weighted by Crippen LogP contribution is 2.19. The van der Waals surface area contributed by atoms with Crippen molar-refractivity contribution in [2.24, 2.45) is 0 Å². The van der Waals surface area contributed by atoms with Gasteiger partial charge in [-0.05, 0) is 20.8 Å². The predicted octanol–water partition coefficient (Wildman–Crippen LogP) is 2.70. The van der Waals surface area contributed by atoms with Crippen LogP contribution in [0.3, 0.4) is 0 Å². The lowest BCUT2D eigenvalue weighted by molar-refractivity contribution is 0.00624. The summed E-state index contributed by atoms with van der Waals surface area (Å²) in [5.74, 6) is -0.0471. The molecule has 4 nitrogen and oxygen atoms in total. The zero-order valence-corrected chi connectivity index (χ0v) is 10.5. The fraction of sp³-hybridized carbons (Fsp3) is 0.455. The zero-order valence-electron chi connectivity index (χ0n) is 9.70. The lowest BCUT2D eigenvalue weighted by atomic mass is 10.2. The Hall–Kier alpha value is -1.29. The van der Waals surface area contributed by atoms with Crippen molar-refractivity contribution in [1.29, 1.82) is 0 Å². The van der Waals surface area contributed by atoms with Crippen molar-refractivity contribution in [1.82, 2.24) is 4.98 Å². The summed E-state index contributed by atoms with van der Waals surface area (Å²) in [5, 5.41) is 0.195. The Morgan fingerprint density at radius 2 is 2.00 bits per heavy atom. The van der Waals surface area contributed by atoms with Crippen LogP contribution in [-0.4, -0.2) is 23.7 Å². The van der Waals surface area contributed by atoms with Gasteiger partial charge >= 0.3 is 5.97 Å². The van der Waals surface area contributed by atoms with Gasteiger partial charge in [0, 0.05) is 12.1 Å². The van der Waals surface area contributed by atoms with Gasteiger partial charge in [0.1, 0.15) is 16.5 Å². The summed E-state index contributed by atoms with van der Waals surface area (Å²) in [6.07, 6.45) is 0. The minimum atomic E-state index is -0.561. The average Bonchev–Trinajstić information content (AvgIpc) is 2.14. The van der Waals surface area contributed by atoms with Crippen LogP contribution in [0.2, 0.25) is 5.15 Å². The first kappa shape index (κ1) is 12.8. The van der Waals surface area contributed by atoms with E-state index in [1.165, 1.54) is 19.2 Å². The number of halogens is 1. The molecule has 16 heavy (non-hydrogen) atoms. The van der Waals surface area contributed by atoms with Gasteiger partial charge in [-0.2, -0.15) is 0 Å². The molecule has 0 aliphatic heterocycles. The molecular weight excluding hydrogens is 230 g/mol. The van der Waals surface area contributed by atoms with Gasteiger partial charge in [-0.1, -0.05) is 11.6 Å². The van der Waals surface area contributed by atoms with E-state index >= 15 is 0 Å². The Kier molecular flexibility index (Phi) is 3.75. The number of rotatable bonds is 2. The van der Waals surface area contributed by atoms with E-state index in [1.807, 2.05) is 0 Å². The van der Waals surface area contributed by atoms with E-state index in [2.05, 4.69) is 4.98 Å². The second kappa shape index (κ2) is 4.70. The number of ether oxygens (including phenoxy) is 2. The molecule has 88 valence electrons. The van der Waals surface area contributed by atoms with E-state index < -0.39 is 11.6 Å². The number of methoxy groups -OCH3 is 1. The summed E-state index contributed by atoms with van der Waals surface area (Å²) in [4.78, 5) is 15.6. The standard InChI is InChI=1S/C11H14ClNO3/c1-11(2,3)16-10(14)8-5-7(15-4)6-9(12)13-8/h5-6H,1-4H3. The van der Waals surface area contributed by atoms with E-state index in [0.717, 1.165) is 0 Å². The number of esters is 1. The van der Waals surface area contributed by atoms with Crippen molar-refractivity contribution < 1.29 is 14.3 Å². The topological polar surface area (TPSA) is 48.4 Å². The summed E-state index contributed by atoms with van der Waals surface area (Å²) in [6.45, 7) is 5.35. The zero-order chi connectivity index (χ0) is 12.3. The Balaban J connectivity index is 2.95. The molecule has 1 rings (SSSR count). The molecule has 0 saturated carbocycles. The molecule has 0 fully saturated rings. The van der Waals surface area contributed by atoms with Gasteiger partial charge in [0.2, 0.25) is 0 Å². The number of hydrogen-bond acceptors (Lipinski definition) is 4. The van der Waals surface area contributed by atoms with Crippen molar-refractivity contribution >= 4 is 17.6 Å². The first-order chi connectivity index (χ1) is 7.31. The van der Waals surface area contributed by atoms with Crippen LogP contribution in [0, 0.1) is 0 Å². The highest BCUT2D eigenvalue weighted by Gasteiger charge is 2.19. The van der Waals surface area contributed by atoms with Gasteiger partial charge in [-0.15, -0.1) is 0 Å². The van der Waals surface area contributed by atoms with Crippen molar-refractivity contribution in [2.75, 3.05) is 7.11 Å². The third kappa shape index (κ3) is 3.70. The van der Waals surface area contributed by atoms with Gasteiger partial charge in [-0.25, -0.2) is 9.78 Å². The first-order valence-electron chi connectivity index (χ1n) is 4.77. The molecule has 0 aliphatic carbocycles. The van der Waals surface area contributed by atoms with Crippen LogP contribution < -0.4 is 4.74 Å². The predicted molar refractivity (Wildman–Crippen MR) is 61.0 cm³/mol. The fourth-order valence-corrected chi connectivity index (χ4v) is 1.22. The lowest BCUT2D eigenvalue weighted by Gasteiger charge is -2.19. The van der Waals surface area contributed by atoms with E-state index in [-0.39, 0.29) is 10.8 Å². The molecule has 0 unspecified atom stereocenters. The Morgan fingerprint density at radius 3 is 2.50 bits per heavy atom. The fourth-order valence-electron chi connectivity index (χ4n) is 1.03. The van der Waals surface area contributed by atoms with Crippen LogP contribution in [0.1, 0.15) is 31.3 Å². The number of carbonyl (C=O) groups is 1. The van der Waals surface area contributed by atoms with E-state index in [9.17, 15) is 4.79 Å². The van der Waals surface area contributed by atoms with Crippen LogP contribution >= 0.6 is 11.6 Å². The summed E-state index contributed by atoms with van der Waals surface area (Å²) in [7, 11) is 1.49. The third-order valence-corrected chi connectivity index (χ3v) is 1.80. The third-order valence-electron chi connectivity index (χ3n) is 1.61. The van der Waals surface area contributed by atoms with Gasteiger partial charge in [-0.3, -0.25) is 0 Å². The SMILES string of the molecule is COc1cc(Cl)nc(C(=O)OC(C)(C)C)c1. The molecule has 0 aromatic carbocycles. The molecule has 0 radical (unpaired) electrons. The monoisotopic (exact) mass is 243 g/mol. The van der Waals surface area contributed by atoms with Crippen molar-refractivity contribution in [3.8, 4) is 5.75 Å². The van der Waals surface area contributed by atoms with Gasteiger partial charge in [0.05, 0.1) is 7.11 Å².